The normalized spacial score (nSPS) is 16.5. The number of rotatable bonds is 7. The molecule has 2 aromatic carbocycles. The van der Waals surface area contributed by atoms with Gasteiger partial charge in [-0.2, -0.15) is 5.10 Å². The van der Waals surface area contributed by atoms with Crippen molar-refractivity contribution in [1.82, 2.24) is 19.0 Å². The number of hydrogen-bond donors (Lipinski definition) is 0. The number of sulfonamides is 1. The molecule has 1 aromatic heterocycles. The predicted octanol–water partition coefficient (Wildman–Crippen LogP) is 4.79. The van der Waals surface area contributed by atoms with Crippen molar-refractivity contribution in [3.8, 4) is 16.9 Å². The van der Waals surface area contributed by atoms with Gasteiger partial charge in [0.05, 0.1) is 21.2 Å². The van der Waals surface area contributed by atoms with Crippen LogP contribution in [-0.4, -0.2) is 57.8 Å². The van der Waals surface area contributed by atoms with Gasteiger partial charge in [0.25, 0.3) is 5.91 Å². The third-order valence-corrected chi connectivity index (χ3v) is 8.97. The second-order valence-corrected chi connectivity index (χ2v) is 12.2. The van der Waals surface area contributed by atoms with Crippen molar-refractivity contribution in [3.05, 3.63) is 71.3 Å². The molecular weight excluding hydrogens is 501 g/mol. The van der Waals surface area contributed by atoms with E-state index < -0.39 is 10.0 Å². The first-order valence-electron chi connectivity index (χ1n) is 11.1. The molecule has 3 aromatic rings. The molecule has 0 aliphatic carbocycles. The third kappa shape index (κ3) is 4.97. The van der Waals surface area contributed by atoms with Crippen molar-refractivity contribution < 1.29 is 13.2 Å². The van der Waals surface area contributed by atoms with Crippen LogP contribution in [0, 0.1) is 0 Å². The molecule has 1 fully saturated rings. The van der Waals surface area contributed by atoms with Crippen molar-refractivity contribution in [2.75, 3.05) is 14.1 Å². The Bertz CT molecular complexity index is 1400. The molecule has 0 saturated carbocycles. The van der Waals surface area contributed by atoms with E-state index in [0.717, 1.165) is 23.2 Å². The quantitative estimate of drug-likeness (QED) is 0.326. The molecule has 1 atom stereocenters. The molecule has 1 aliphatic rings. The zero-order valence-corrected chi connectivity index (χ0v) is 22.3. The van der Waals surface area contributed by atoms with E-state index in [9.17, 15) is 13.2 Å². The summed E-state index contributed by atoms with van der Waals surface area (Å²) in [6.45, 7) is 4.00. The Morgan fingerprint density at radius 1 is 1.11 bits per heavy atom. The van der Waals surface area contributed by atoms with Crippen LogP contribution >= 0.6 is 24.0 Å². The molecule has 0 bridgehead atoms. The maximum absolute atomic E-state index is 13.1. The highest BCUT2D eigenvalue weighted by Crippen LogP contribution is 2.36. The summed E-state index contributed by atoms with van der Waals surface area (Å²) in [6, 6.07) is 16.3. The van der Waals surface area contributed by atoms with Gasteiger partial charge in [-0.3, -0.25) is 9.69 Å². The van der Waals surface area contributed by atoms with E-state index in [4.69, 9.17) is 17.3 Å². The Labute approximate surface area is 215 Å². The zero-order chi connectivity index (χ0) is 25.3. The average molecular weight is 527 g/mol. The molecule has 182 valence electrons. The third-order valence-electron chi connectivity index (χ3n) is 5.81. The number of para-hydroxylation sites is 1. The van der Waals surface area contributed by atoms with Crippen LogP contribution in [-0.2, 0) is 14.8 Å². The first kappa shape index (κ1) is 25.3. The molecule has 10 heteroatoms. The summed E-state index contributed by atoms with van der Waals surface area (Å²) in [5, 5.41) is 4.78. The van der Waals surface area contributed by atoms with E-state index in [0.29, 0.717) is 14.9 Å². The molecule has 0 spiro atoms. The number of benzene rings is 2. The molecule has 0 radical (unpaired) electrons. The van der Waals surface area contributed by atoms with Crippen molar-refractivity contribution in [2.45, 2.75) is 31.2 Å². The fourth-order valence-corrected chi connectivity index (χ4v) is 5.96. The Hall–Kier alpha value is -2.79. The van der Waals surface area contributed by atoms with E-state index in [1.54, 1.807) is 33.8 Å². The van der Waals surface area contributed by atoms with Crippen LogP contribution in [0.4, 0.5) is 0 Å². The second kappa shape index (κ2) is 10.1. The van der Waals surface area contributed by atoms with Crippen LogP contribution < -0.4 is 0 Å². The molecule has 1 aliphatic heterocycles. The maximum Gasteiger partial charge on any atom is 0.266 e. The van der Waals surface area contributed by atoms with Crippen molar-refractivity contribution >= 4 is 50.3 Å². The van der Waals surface area contributed by atoms with E-state index in [-0.39, 0.29) is 16.8 Å². The number of hydrogen-bond acceptors (Lipinski definition) is 6. The molecule has 35 heavy (non-hydrogen) atoms. The summed E-state index contributed by atoms with van der Waals surface area (Å²) in [5.41, 5.74) is 2.98. The number of aromatic nitrogens is 2. The standard InChI is InChI=1S/C25H26N4O3S3/c1-5-17(2)29-24(30)22(34-25(29)33)15-19-16-28(20-9-7-6-8-10-20)26-23(19)18-11-13-21(14-12-18)35(31,32)27(3)4/h6-17H,5H2,1-4H3/b22-15-/t17-/m0/s1. The number of thioether (sulfide) groups is 1. The minimum Gasteiger partial charge on any atom is -0.290 e. The van der Waals surface area contributed by atoms with Gasteiger partial charge in [-0.05, 0) is 43.7 Å². The predicted molar refractivity (Wildman–Crippen MR) is 145 cm³/mol. The van der Waals surface area contributed by atoms with Crippen LogP contribution in [0.5, 0.6) is 0 Å². The van der Waals surface area contributed by atoms with Gasteiger partial charge in [-0.25, -0.2) is 17.4 Å². The van der Waals surface area contributed by atoms with Crippen LogP contribution in [0.3, 0.4) is 0 Å². The molecule has 0 N–H and O–H groups in total. The van der Waals surface area contributed by atoms with E-state index in [1.165, 1.54) is 30.2 Å². The van der Waals surface area contributed by atoms with Gasteiger partial charge in [0.15, 0.2) is 0 Å². The molecule has 1 saturated heterocycles. The zero-order valence-electron chi connectivity index (χ0n) is 19.9. The second-order valence-electron chi connectivity index (χ2n) is 8.33. The molecule has 4 rings (SSSR count). The number of amides is 1. The van der Waals surface area contributed by atoms with E-state index in [1.807, 2.05) is 56.5 Å². The molecule has 1 amide bonds. The van der Waals surface area contributed by atoms with Crippen LogP contribution in [0.25, 0.3) is 23.0 Å². The monoisotopic (exact) mass is 526 g/mol. The van der Waals surface area contributed by atoms with Gasteiger partial charge < -0.3 is 0 Å². The highest BCUT2D eigenvalue weighted by Gasteiger charge is 2.35. The summed E-state index contributed by atoms with van der Waals surface area (Å²) in [4.78, 5) is 15.5. The fraction of sp³-hybridized carbons (Fsp3) is 0.240. The Balaban J connectivity index is 1.80. The first-order chi connectivity index (χ1) is 16.6. The first-order valence-corrected chi connectivity index (χ1v) is 13.7. The number of thiocarbonyl (C=S) groups is 1. The minimum absolute atomic E-state index is 0.0195. The summed E-state index contributed by atoms with van der Waals surface area (Å²) in [7, 11) is -0.548. The lowest BCUT2D eigenvalue weighted by atomic mass is 10.1. The summed E-state index contributed by atoms with van der Waals surface area (Å²) in [5.74, 6) is -0.111. The Morgan fingerprint density at radius 2 is 1.77 bits per heavy atom. The van der Waals surface area contributed by atoms with Gasteiger partial charge in [-0.15, -0.1) is 0 Å². The van der Waals surface area contributed by atoms with Gasteiger partial charge in [0, 0.05) is 37.5 Å². The van der Waals surface area contributed by atoms with E-state index >= 15 is 0 Å². The molecule has 0 unspecified atom stereocenters. The van der Waals surface area contributed by atoms with Gasteiger partial charge in [-0.1, -0.05) is 61.2 Å². The minimum atomic E-state index is -3.54. The molecule has 7 nitrogen and oxygen atoms in total. The maximum atomic E-state index is 13.1. The van der Waals surface area contributed by atoms with Crippen molar-refractivity contribution in [3.63, 3.8) is 0 Å². The Morgan fingerprint density at radius 3 is 2.37 bits per heavy atom. The van der Waals surface area contributed by atoms with Gasteiger partial charge >= 0.3 is 0 Å². The highest BCUT2D eigenvalue weighted by atomic mass is 32.2. The lowest BCUT2D eigenvalue weighted by Crippen LogP contribution is -2.36. The summed E-state index contributed by atoms with van der Waals surface area (Å²) in [6.07, 6.45) is 4.48. The van der Waals surface area contributed by atoms with Crippen LogP contribution in [0.2, 0.25) is 0 Å². The molecule has 2 heterocycles. The smallest absolute Gasteiger partial charge is 0.266 e. The average Bonchev–Trinajstić information content (AvgIpc) is 3.39. The van der Waals surface area contributed by atoms with E-state index in [2.05, 4.69) is 0 Å². The van der Waals surface area contributed by atoms with Crippen LogP contribution in [0.1, 0.15) is 25.8 Å². The highest BCUT2D eigenvalue weighted by molar-refractivity contribution is 8.26. The number of carbonyl (C=O) groups is 1. The topological polar surface area (TPSA) is 75.5 Å². The van der Waals surface area contributed by atoms with Crippen LogP contribution in [0.15, 0.2) is 70.6 Å². The molecular formula is C25H26N4O3S3. The summed E-state index contributed by atoms with van der Waals surface area (Å²) < 4.78 is 28.4. The van der Waals surface area contributed by atoms with Gasteiger partial charge in [0.1, 0.15) is 4.32 Å². The lowest BCUT2D eigenvalue weighted by Gasteiger charge is -2.21. The lowest BCUT2D eigenvalue weighted by molar-refractivity contribution is -0.123. The number of nitrogens with zero attached hydrogens (tertiary/aromatic N) is 4. The van der Waals surface area contributed by atoms with Crippen molar-refractivity contribution in [1.29, 1.82) is 0 Å². The SMILES string of the molecule is CC[C@H](C)N1C(=O)/C(=C/c2cn(-c3ccccc3)nc2-c2ccc(S(=O)(=O)N(C)C)cc2)SC1=S. The summed E-state index contributed by atoms with van der Waals surface area (Å²) >= 11 is 6.76. The largest absolute Gasteiger partial charge is 0.290 e. The van der Waals surface area contributed by atoms with Crippen molar-refractivity contribution in [2.24, 2.45) is 0 Å². The Kier molecular flexibility index (Phi) is 7.27. The fourth-order valence-electron chi connectivity index (χ4n) is 3.61. The number of carbonyl (C=O) groups excluding carboxylic acids is 1. The van der Waals surface area contributed by atoms with Gasteiger partial charge in [0.2, 0.25) is 10.0 Å².